The van der Waals surface area contributed by atoms with Gasteiger partial charge in [0.1, 0.15) is 23.2 Å². The third-order valence-corrected chi connectivity index (χ3v) is 4.07. The van der Waals surface area contributed by atoms with Gasteiger partial charge in [-0.1, -0.05) is 18.2 Å². The Morgan fingerprint density at radius 2 is 2.05 bits per heavy atom. The third kappa shape index (κ3) is 2.39. The van der Waals surface area contributed by atoms with Crippen LogP contribution in [-0.2, 0) is 12.8 Å². The van der Waals surface area contributed by atoms with Crippen LogP contribution < -0.4 is 10.5 Å². The number of benzene rings is 1. The molecule has 0 saturated carbocycles. The molecule has 1 aromatic carbocycles. The lowest BCUT2D eigenvalue weighted by Crippen LogP contribution is -2.12. The molecular weight excluding hydrogens is 274 g/mol. The number of fused-ring (bicyclic) bond motifs is 1. The highest BCUT2D eigenvalue weighted by Crippen LogP contribution is 2.39. The van der Waals surface area contributed by atoms with Gasteiger partial charge in [-0.25, -0.2) is 4.98 Å². The van der Waals surface area contributed by atoms with Gasteiger partial charge in [-0.15, -0.1) is 0 Å². The van der Waals surface area contributed by atoms with Crippen molar-refractivity contribution in [2.75, 3.05) is 12.3 Å². The minimum absolute atomic E-state index is 0.324. The topological polar surface area (TPSA) is 71.9 Å². The van der Waals surface area contributed by atoms with E-state index in [1.807, 2.05) is 31.2 Å². The molecule has 0 unspecified atom stereocenters. The molecule has 2 N–H and O–H groups in total. The summed E-state index contributed by atoms with van der Waals surface area (Å²) in [6.07, 6.45) is 4.10. The Morgan fingerprint density at radius 1 is 1.27 bits per heavy atom. The number of hydrogen-bond acceptors (Lipinski definition) is 4. The van der Waals surface area contributed by atoms with E-state index < -0.39 is 0 Å². The fourth-order valence-corrected chi connectivity index (χ4v) is 3.13. The molecule has 1 aliphatic carbocycles. The second-order valence-corrected chi connectivity index (χ2v) is 5.42. The maximum atomic E-state index is 9.57. The first-order valence-corrected chi connectivity index (χ1v) is 7.69. The molecule has 112 valence electrons. The van der Waals surface area contributed by atoms with Gasteiger partial charge < -0.3 is 10.5 Å². The molecule has 4 nitrogen and oxygen atoms in total. The van der Waals surface area contributed by atoms with E-state index in [1.165, 1.54) is 0 Å². The Hall–Kier alpha value is -2.54. The summed E-state index contributed by atoms with van der Waals surface area (Å²) >= 11 is 0. The fraction of sp³-hybridized carbons (Fsp3) is 0.333. The lowest BCUT2D eigenvalue weighted by molar-refractivity contribution is 0.341. The van der Waals surface area contributed by atoms with Crippen molar-refractivity contribution in [3.8, 4) is 22.9 Å². The number of pyridine rings is 1. The zero-order chi connectivity index (χ0) is 15.5. The van der Waals surface area contributed by atoms with Gasteiger partial charge in [-0.05, 0) is 44.2 Å². The van der Waals surface area contributed by atoms with Crippen LogP contribution in [0.3, 0.4) is 0 Å². The van der Waals surface area contributed by atoms with Crippen LogP contribution in [0.1, 0.15) is 36.6 Å². The Bertz CT molecular complexity index is 747. The number of aryl methyl sites for hydroxylation is 1. The number of hydrogen-bond donors (Lipinski definition) is 1. The van der Waals surface area contributed by atoms with E-state index in [2.05, 4.69) is 11.1 Å². The number of nitrogens with two attached hydrogens (primary N) is 1. The predicted octanol–water partition coefficient (Wildman–Crippen LogP) is 3.48. The zero-order valence-corrected chi connectivity index (χ0v) is 12.7. The maximum Gasteiger partial charge on any atom is 0.142 e. The summed E-state index contributed by atoms with van der Waals surface area (Å²) in [4.78, 5) is 4.46. The summed E-state index contributed by atoms with van der Waals surface area (Å²) in [7, 11) is 0. The van der Waals surface area contributed by atoms with Gasteiger partial charge in [-0.2, -0.15) is 5.26 Å². The minimum Gasteiger partial charge on any atom is -0.493 e. The second-order valence-electron chi connectivity index (χ2n) is 5.42. The first kappa shape index (κ1) is 14.4. The number of nitriles is 1. The van der Waals surface area contributed by atoms with Crippen LogP contribution in [0.15, 0.2) is 24.3 Å². The molecule has 22 heavy (non-hydrogen) atoms. The van der Waals surface area contributed by atoms with Crippen molar-refractivity contribution >= 4 is 5.82 Å². The summed E-state index contributed by atoms with van der Waals surface area (Å²) in [6, 6.07) is 10.1. The van der Waals surface area contributed by atoms with Crippen LogP contribution in [0.25, 0.3) is 11.1 Å². The van der Waals surface area contributed by atoms with Gasteiger partial charge in [-0.3, -0.25) is 0 Å². The van der Waals surface area contributed by atoms with Gasteiger partial charge in [0.2, 0.25) is 0 Å². The van der Waals surface area contributed by atoms with Crippen LogP contribution in [0.5, 0.6) is 5.75 Å². The number of aromatic nitrogens is 1. The molecule has 0 saturated heterocycles. The van der Waals surface area contributed by atoms with Gasteiger partial charge in [0.25, 0.3) is 0 Å². The summed E-state index contributed by atoms with van der Waals surface area (Å²) in [5.41, 5.74) is 10.5. The van der Waals surface area contributed by atoms with Crippen LogP contribution >= 0.6 is 0 Å². The summed E-state index contributed by atoms with van der Waals surface area (Å²) in [5, 5.41) is 9.57. The van der Waals surface area contributed by atoms with Crippen molar-refractivity contribution in [3.63, 3.8) is 0 Å². The third-order valence-electron chi connectivity index (χ3n) is 4.07. The van der Waals surface area contributed by atoms with Gasteiger partial charge >= 0.3 is 0 Å². The van der Waals surface area contributed by atoms with E-state index in [9.17, 15) is 5.26 Å². The molecule has 0 radical (unpaired) electrons. The smallest absolute Gasteiger partial charge is 0.142 e. The van der Waals surface area contributed by atoms with Crippen molar-refractivity contribution in [1.82, 2.24) is 4.98 Å². The Labute approximate surface area is 130 Å². The first-order valence-electron chi connectivity index (χ1n) is 7.69. The fourth-order valence-electron chi connectivity index (χ4n) is 3.13. The number of rotatable bonds is 3. The van der Waals surface area contributed by atoms with Crippen molar-refractivity contribution in [1.29, 1.82) is 5.26 Å². The molecule has 0 atom stereocenters. The van der Waals surface area contributed by atoms with Crippen LogP contribution in [0.2, 0.25) is 0 Å². The molecule has 0 amide bonds. The van der Waals surface area contributed by atoms with E-state index in [1.54, 1.807) is 0 Å². The van der Waals surface area contributed by atoms with Crippen LogP contribution in [-0.4, -0.2) is 11.6 Å². The van der Waals surface area contributed by atoms with E-state index in [0.29, 0.717) is 18.0 Å². The van der Waals surface area contributed by atoms with Crippen molar-refractivity contribution in [3.05, 3.63) is 41.1 Å². The van der Waals surface area contributed by atoms with Gasteiger partial charge in [0.05, 0.1) is 6.61 Å². The van der Waals surface area contributed by atoms with Crippen LogP contribution in [0, 0.1) is 11.3 Å². The molecule has 4 heteroatoms. The summed E-state index contributed by atoms with van der Waals surface area (Å²) in [5.74, 6) is 1.12. The molecule has 2 aromatic rings. The lowest BCUT2D eigenvalue weighted by Gasteiger charge is -2.22. The van der Waals surface area contributed by atoms with E-state index >= 15 is 0 Å². The molecule has 0 bridgehead atoms. The number of para-hydroxylation sites is 1. The number of ether oxygens (including phenoxy) is 1. The average molecular weight is 293 g/mol. The van der Waals surface area contributed by atoms with Gasteiger partial charge in [0, 0.05) is 16.8 Å². The SMILES string of the molecule is CCOc1ccccc1-c1c(C#N)c(N)nc2c1CCCC2. The number of nitrogen functional groups attached to an aromatic ring is 1. The minimum atomic E-state index is 0.324. The Morgan fingerprint density at radius 3 is 2.82 bits per heavy atom. The monoisotopic (exact) mass is 293 g/mol. The van der Waals surface area contributed by atoms with Crippen molar-refractivity contribution in [2.45, 2.75) is 32.6 Å². The quantitative estimate of drug-likeness (QED) is 0.940. The highest BCUT2D eigenvalue weighted by molar-refractivity contribution is 5.82. The van der Waals surface area contributed by atoms with Crippen molar-refractivity contribution in [2.24, 2.45) is 0 Å². The highest BCUT2D eigenvalue weighted by atomic mass is 16.5. The standard InChI is InChI=1S/C18H19N3O/c1-2-22-16-10-6-4-8-13(16)17-12-7-3-5-9-15(12)21-18(20)14(17)11-19/h4,6,8,10H,2-3,5,7,9H2,1H3,(H2,20,21). The number of nitrogens with zero attached hydrogens (tertiary/aromatic N) is 2. The largest absolute Gasteiger partial charge is 0.493 e. The highest BCUT2D eigenvalue weighted by Gasteiger charge is 2.23. The number of anilines is 1. The van der Waals surface area contributed by atoms with Crippen LogP contribution in [0.4, 0.5) is 5.82 Å². The second kappa shape index (κ2) is 6.07. The molecular formula is C18H19N3O. The Kier molecular flexibility index (Phi) is 3.97. The molecule has 1 aromatic heterocycles. The van der Waals surface area contributed by atoms with Gasteiger partial charge in [0.15, 0.2) is 0 Å². The first-order chi connectivity index (χ1) is 10.8. The van der Waals surface area contributed by atoms with E-state index in [4.69, 9.17) is 10.5 Å². The van der Waals surface area contributed by atoms with E-state index in [-0.39, 0.29) is 0 Å². The summed E-state index contributed by atoms with van der Waals surface area (Å²) < 4.78 is 5.75. The molecule has 1 heterocycles. The zero-order valence-electron chi connectivity index (χ0n) is 12.7. The maximum absolute atomic E-state index is 9.57. The molecule has 0 spiro atoms. The van der Waals surface area contributed by atoms with Crippen molar-refractivity contribution < 1.29 is 4.74 Å². The molecule has 0 fully saturated rings. The average Bonchev–Trinajstić information content (AvgIpc) is 2.54. The van der Waals surface area contributed by atoms with E-state index in [0.717, 1.165) is 53.8 Å². The predicted molar refractivity (Wildman–Crippen MR) is 86.6 cm³/mol. The molecule has 0 aliphatic heterocycles. The molecule has 1 aliphatic rings. The lowest BCUT2D eigenvalue weighted by atomic mass is 9.86. The normalized spacial score (nSPS) is 13.3. The Balaban J connectivity index is 2.30. The summed E-state index contributed by atoms with van der Waals surface area (Å²) in [6.45, 7) is 2.54. The molecule has 3 rings (SSSR count).